The van der Waals surface area contributed by atoms with E-state index in [1.54, 1.807) is 0 Å². The van der Waals surface area contributed by atoms with Crippen LogP contribution in [0, 0.1) is 0 Å². The van der Waals surface area contributed by atoms with E-state index in [9.17, 15) is 0 Å². The first-order valence-electron chi connectivity index (χ1n) is 6.61. The fourth-order valence-corrected chi connectivity index (χ4v) is 1.64. The summed E-state index contributed by atoms with van der Waals surface area (Å²) < 4.78 is 0. The van der Waals surface area contributed by atoms with E-state index in [0.717, 1.165) is 50.4 Å². The van der Waals surface area contributed by atoms with Crippen molar-refractivity contribution in [3.8, 4) is 0 Å². The molecule has 1 aromatic heterocycles. The summed E-state index contributed by atoms with van der Waals surface area (Å²) in [6, 6.07) is 0. The number of nitrogens with one attached hydrogen (secondary N) is 1. The maximum absolute atomic E-state index is 4.60. The van der Waals surface area contributed by atoms with E-state index in [1.807, 2.05) is 18.5 Å². The average molecular weight is 248 g/mol. The first kappa shape index (κ1) is 14.6. The van der Waals surface area contributed by atoms with Gasteiger partial charge in [-0.2, -0.15) is 0 Å². The van der Waals surface area contributed by atoms with E-state index in [2.05, 4.69) is 40.7 Å². The topological polar surface area (TPSA) is 41.1 Å². The lowest BCUT2D eigenvalue weighted by Gasteiger charge is -2.17. The molecule has 1 N–H and O–H groups in total. The van der Waals surface area contributed by atoms with E-state index >= 15 is 0 Å². The molecule has 0 saturated heterocycles. The van der Waals surface area contributed by atoms with Gasteiger partial charge in [-0.1, -0.05) is 13.0 Å². The molecular formula is C14H24N4. The van der Waals surface area contributed by atoms with Crippen molar-refractivity contribution in [2.24, 2.45) is 0 Å². The molecule has 0 aliphatic carbocycles. The van der Waals surface area contributed by atoms with Gasteiger partial charge in [0.15, 0.2) is 0 Å². The van der Waals surface area contributed by atoms with Crippen LogP contribution in [0.4, 0.5) is 5.82 Å². The summed E-state index contributed by atoms with van der Waals surface area (Å²) in [6.45, 7) is 8.67. The Balaban J connectivity index is 2.49. The van der Waals surface area contributed by atoms with Crippen LogP contribution in [0.25, 0.3) is 0 Å². The highest BCUT2D eigenvalue weighted by Crippen LogP contribution is 2.08. The zero-order valence-corrected chi connectivity index (χ0v) is 11.5. The fraction of sp³-hybridized carbons (Fsp3) is 0.571. The maximum atomic E-state index is 4.60. The standard InChI is InChI=1S/C14H24N4/c1-4-6-7-9-18(3)14-12-16-11-13(17-14)10-15-8-5-2/h4,11-12,15H,1,5-10H2,2-3H3. The molecule has 100 valence electrons. The zero-order valence-electron chi connectivity index (χ0n) is 11.5. The molecule has 0 saturated carbocycles. The molecular weight excluding hydrogens is 224 g/mol. The predicted octanol–water partition coefficient (Wildman–Crippen LogP) is 2.38. The lowest BCUT2D eigenvalue weighted by atomic mass is 10.3. The van der Waals surface area contributed by atoms with Gasteiger partial charge in [0.25, 0.3) is 0 Å². The Morgan fingerprint density at radius 1 is 1.44 bits per heavy atom. The van der Waals surface area contributed by atoms with E-state index < -0.39 is 0 Å². The number of rotatable bonds is 9. The summed E-state index contributed by atoms with van der Waals surface area (Å²) in [5, 5.41) is 3.34. The number of hydrogen-bond donors (Lipinski definition) is 1. The highest BCUT2D eigenvalue weighted by Gasteiger charge is 2.03. The Morgan fingerprint density at radius 3 is 3.00 bits per heavy atom. The predicted molar refractivity (Wildman–Crippen MR) is 76.7 cm³/mol. The Bertz CT molecular complexity index is 351. The fourth-order valence-electron chi connectivity index (χ4n) is 1.64. The van der Waals surface area contributed by atoms with Crippen LogP contribution in [0.2, 0.25) is 0 Å². The molecule has 0 fully saturated rings. The minimum Gasteiger partial charge on any atom is -0.358 e. The van der Waals surface area contributed by atoms with Gasteiger partial charge in [-0.15, -0.1) is 6.58 Å². The van der Waals surface area contributed by atoms with Crippen LogP contribution in [-0.4, -0.2) is 30.1 Å². The van der Waals surface area contributed by atoms with Crippen molar-refractivity contribution in [3.63, 3.8) is 0 Å². The molecule has 1 rings (SSSR count). The smallest absolute Gasteiger partial charge is 0.147 e. The van der Waals surface area contributed by atoms with Gasteiger partial charge in [-0.3, -0.25) is 4.98 Å². The number of aromatic nitrogens is 2. The largest absolute Gasteiger partial charge is 0.358 e. The van der Waals surface area contributed by atoms with Crippen molar-refractivity contribution in [1.82, 2.24) is 15.3 Å². The number of hydrogen-bond acceptors (Lipinski definition) is 4. The molecule has 18 heavy (non-hydrogen) atoms. The summed E-state index contributed by atoms with van der Waals surface area (Å²) in [5.41, 5.74) is 0.997. The van der Waals surface area contributed by atoms with Gasteiger partial charge in [0.1, 0.15) is 5.82 Å². The van der Waals surface area contributed by atoms with Crippen LogP contribution in [0.5, 0.6) is 0 Å². The van der Waals surface area contributed by atoms with Crippen molar-refractivity contribution in [2.45, 2.75) is 32.7 Å². The van der Waals surface area contributed by atoms with Gasteiger partial charge in [0, 0.05) is 26.3 Å². The Kier molecular flexibility index (Phi) is 7.03. The molecule has 1 aromatic rings. The minimum atomic E-state index is 0.787. The molecule has 0 aromatic carbocycles. The number of anilines is 1. The second kappa shape index (κ2) is 8.64. The molecule has 0 atom stereocenters. The summed E-state index contributed by atoms with van der Waals surface area (Å²) >= 11 is 0. The Morgan fingerprint density at radius 2 is 2.28 bits per heavy atom. The summed E-state index contributed by atoms with van der Waals surface area (Å²) in [6.07, 6.45) is 8.86. The summed E-state index contributed by atoms with van der Waals surface area (Å²) in [4.78, 5) is 11.0. The number of unbranched alkanes of at least 4 members (excludes halogenated alkanes) is 1. The first-order valence-corrected chi connectivity index (χ1v) is 6.61. The monoisotopic (exact) mass is 248 g/mol. The third-order valence-corrected chi connectivity index (χ3v) is 2.70. The number of allylic oxidation sites excluding steroid dienone is 1. The molecule has 0 bridgehead atoms. The normalized spacial score (nSPS) is 10.3. The van der Waals surface area contributed by atoms with Gasteiger partial charge in [0.05, 0.1) is 11.9 Å². The number of nitrogens with zero attached hydrogens (tertiary/aromatic N) is 3. The Labute approximate surface area is 110 Å². The van der Waals surface area contributed by atoms with Crippen molar-refractivity contribution < 1.29 is 0 Å². The molecule has 0 aliphatic heterocycles. The van der Waals surface area contributed by atoms with E-state index in [1.165, 1.54) is 0 Å². The second-order valence-corrected chi connectivity index (χ2v) is 4.40. The third-order valence-electron chi connectivity index (χ3n) is 2.70. The average Bonchev–Trinajstić information content (AvgIpc) is 2.39. The molecule has 0 spiro atoms. The molecule has 4 nitrogen and oxygen atoms in total. The lowest BCUT2D eigenvalue weighted by Crippen LogP contribution is -2.21. The van der Waals surface area contributed by atoms with Crippen LogP contribution in [0.3, 0.4) is 0 Å². The molecule has 1 heterocycles. The highest BCUT2D eigenvalue weighted by atomic mass is 15.2. The van der Waals surface area contributed by atoms with Crippen LogP contribution in [-0.2, 0) is 6.54 Å². The van der Waals surface area contributed by atoms with Crippen molar-refractivity contribution in [2.75, 3.05) is 25.0 Å². The van der Waals surface area contributed by atoms with Gasteiger partial charge in [-0.25, -0.2) is 4.98 Å². The Hall–Kier alpha value is -1.42. The molecule has 0 aliphatic rings. The zero-order chi connectivity index (χ0) is 13.2. The summed E-state index contributed by atoms with van der Waals surface area (Å²) in [7, 11) is 2.05. The van der Waals surface area contributed by atoms with Gasteiger partial charge >= 0.3 is 0 Å². The van der Waals surface area contributed by atoms with E-state index in [4.69, 9.17) is 0 Å². The molecule has 0 radical (unpaired) electrons. The SMILES string of the molecule is C=CCCCN(C)c1cncc(CNCCC)n1. The molecule has 0 unspecified atom stereocenters. The summed E-state index contributed by atoms with van der Waals surface area (Å²) in [5.74, 6) is 0.940. The molecule has 4 heteroatoms. The highest BCUT2D eigenvalue weighted by molar-refractivity contribution is 5.34. The minimum absolute atomic E-state index is 0.787. The quantitative estimate of drug-likeness (QED) is 0.538. The van der Waals surface area contributed by atoms with Crippen molar-refractivity contribution in [3.05, 3.63) is 30.7 Å². The van der Waals surface area contributed by atoms with E-state index in [0.29, 0.717) is 0 Å². The first-order chi connectivity index (χ1) is 8.77. The van der Waals surface area contributed by atoms with Crippen LogP contribution in [0.1, 0.15) is 31.9 Å². The second-order valence-electron chi connectivity index (χ2n) is 4.40. The third kappa shape index (κ3) is 5.27. The van der Waals surface area contributed by atoms with E-state index in [-0.39, 0.29) is 0 Å². The van der Waals surface area contributed by atoms with Gasteiger partial charge in [0.2, 0.25) is 0 Å². The lowest BCUT2D eigenvalue weighted by molar-refractivity contribution is 0.660. The van der Waals surface area contributed by atoms with Crippen molar-refractivity contribution in [1.29, 1.82) is 0 Å². The van der Waals surface area contributed by atoms with Gasteiger partial charge in [-0.05, 0) is 25.8 Å². The molecule has 0 amide bonds. The van der Waals surface area contributed by atoms with Crippen LogP contribution in [0.15, 0.2) is 25.0 Å². The van der Waals surface area contributed by atoms with Crippen molar-refractivity contribution >= 4 is 5.82 Å². The van der Waals surface area contributed by atoms with Crippen LogP contribution >= 0.6 is 0 Å². The van der Waals surface area contributed by atoms with Crippen LogP contribution < -0.4 is 10.2 Å². The van der Waals surface area contributed by atoms with Gasteiger partial charge < -0.3 is 10.2 Å². The maximum Gasteiger partial charge on any atom is 0.147 e.